The molecule has 0 spiro atoms. The molecule has 1 aliphatic rings. The van der Waals surface area contributed by atoms with E-state index in [0.29, 0.717) is 0 Å². The van der Waals surface area contributed by atoms with Gasteiger partial charge in [-0.2, -0.15) is 15.6 Å². The van der Waals surface area contributed by atoms with Gasteiger partial charge >= 0.3 is 0 Å². The maximum absolute atomic E-state index is 12.7. The van der Waals surface area contributed by atoms with Crippen molar-refractivity contribution in [2.75, 3.05) is 26.2 Å². The Balaban J connectivity index is 1.65. The van der Waals surface area contributed by atoms with E-state index in [4.69, 9.17) is 0 Å². The highest BCUT2D eigenvalue weighted by Gasteiger charge is 2.30. The van der Waals surface area contributed by atoms with Crippen molar-refractivity contribution in [2.45, 2.75) is 4.90 Å². The lowest BCUT2D eigenvalue weighted by atomic mass is 10.3. The van der Waals surface area contributed by atoms with Crippen LogP contribution in [0.1, 0.15) is 5.56 Å². The van der Waals surface area contributed by atoms with E-state index in [1.807, 2.05) is 16.8 Å². The number of nitro benzene ring substituents is 1. The molecule has 10 heteroatoms. The summed E-state index contributed by atoms with van der Waals surface area (Å²) in [7, 11) is -3.84. The number of hydrogen-bond donors (Lipinski definition) is 0. The molecule has 0 radical (unpaired) electrons. The first-order valence-electron chi connectivity index (χ1n) is 8.12. The molecule has 1 fully saturated rings. The fraction of sp³-hybridized carbons (Fsp3) is 0.235. The van der Waals surface area contributed by atoms with E-state index < -0.39 is 14.9 Å². The van der Waals surface area contributed by atoms with E-state index >= 15 is 0 Å². The second-order valence-corrected chi connectivity index (χ2v) is 8.59. The Morgan fingerprint density at radius 1 is 1.19 bits per heavy atom. The van der Waals surface area contributed by atoms with E-state index in [1.54, 1.807) is 11.0 Å². The Bertz CT molecular complexity index is 962. The number of benzene rings is 1. The van der Waals surface area contributed by atoms with Crippen molar-refractivity contribution >= 4 is 39.0 Å². The molecule has 1 aliphatic heterocycles. The first kappa shape index (κ1) is 19.2. The molecule has 0 atom stereocenters. The average Bonchev–Trinajstić information content (AvgIpc) is 3.20. The third-order valence-corrected chi connectivity index (χ3v) is 6.77. The summed E-state index contributed by atoms with van der Waals surface area (Å²) in [5.41, 5.74) is 0.670. The van der Waals surface area contributed by atoms with Gasteiger partial charge in [0.1, 0.15) is 0 Å². The summed E-state index contributed by atoms with van der Waals surface area (Å²) in [6, 6.07) is 6.88. The molecule has 2 aromatic rings. The van der Waals surface area contributed by atoms with Gasteiger partial charge in [0.15, 0.2) is 0 Å². The lowest BCUT2D eigenvalue weighted by Gasteiger charge is -2.33. The van der Waals surface area contributed by atoms with Gasteiger partial charge in [-0.25, -0.2) is 8.42 Å². The van der Waals surface area contributed by atoms with E-state index in [2.05, 4.69) is 0 Å². The van der Waals surface area contributed by atoms with Crippen LogP contribution in [-0.2, 0) is 14.8 Å². The Labute approximate surface area is 160 Å². The number of piperazine rings is 1. The van der Waals surface area contributed by atoms with Gasteiger partial charge in [0.25, 0.3) is 5.69 Å². The van der Waals surface area contributed by atoms with Crippen molar-refractivity contribution in [1.29, 1.82) is 0 Å². The van der Waals surface area contributed by atoms with Gasteiger partial charge < -0.3 is 4.90 Å². The van der Waals surface area contributed by atoms with E-state index in [1.165, 1.54) is 39.9 Å². The van der Waals surface area contributed by atoms with Crippen molar-refractivity contribution in [1.82, 2.24) is 9.21 Å². The maximum Gasteiger partial charge on any atom is 0.270 e. The van der Waals surface area contributed by atoms with Gasteiger partial charge in [-0.3, -0.25) is 14.9 Å². The summed E-state index contributed by atoms with van der Waals surface area (Å²) < 4.78 is 26.7. The topological polar surface area (TPSA) is 101 Å². The zero-order chi connectivity index (χ0) is 19.4. The molecule has 0 unspecified atom stereocenters. The summed E-state index contributed by atoms with van der Waals surface area (Å²) in [4.78, 5) is 23.9. The van der Waals surface area contributed by atoms with Crippen LogP contribution in [0.4, 0.5) is 5.69 Å². The molecule has 0 bridgehead atoms. The Morgan fingerprint density at radius 3 is 2.56 bits per heavy atom. The Morgan fingerprint density at radius 2 is 1.93 bits per heavy atom. The first-order valence-corrected chi connectivity index (χ1v) is 10.5. The molecular weight excluding hydrogens is 390 g/mol. The molecule has 0 aliphatic carbocycles. The van der Waals surface area contributed by atoms with Crippen LogP contribution < -0.4 is 0 Å². The van der Waals surface area contributed by atoms with Gasteiger partial charge in [-0.1, -0.05) is 6.07 Å². The number of hydrogen-bond acceptors (Lipinski definition) is 6. The normalized spacial score (nSPS) is 15.9. The molecule has 8 nitrogen and oxygen atoms in total. The fourth-order valence-corrected chi connectivity index (χ4v) is 4.79. The smallest absolute Gasteiger partial charge is 0.270 e. The van der Waals surface area contributed by atoms with E-state index in [9.17, 15) is 23.3 Å². The van der Waals surface area contributed by atoms with Crippen molar-refractivity contribution in [3.63, 3.8) is 0 Å². The number of nitrogens with zero attached hydrogens (tertiary/aromatic N) is 3. The number of amides is 1. The number of nitro groups is 1. The third-order valence-electron chi connectivity index (χ3n) is 4.18. The molecule has 0 saturated carbocycles. The summed E-state index contributed by atoms with van der Waals surface area (Å²) in [5, 5.41) is 14.7. The quantitative estimate of drug-likeness (QED) is 0.430. The van der Waals surface area contributed by atoms with Crippen LogP contribution in [0.25, 0.3) is 6.08 Å². The van der Waals surface area contributed by atoms with Crippen molar-refractivity contribution in [2.24, 2.45) is 0 Å². The van der Waals surface area contributed by atoms with Crippen molar-refractivity contribution < 1.29 is 18.1 Å². The number of carbonyl (C=O) groups excluding carboxylic acids is 1. The first-order chi connectivity index (χ1) is 12.9. The lowest BCUT2D eigenvalue weighted by Crippen LogP contribution is -2.50. The zero-order valence-corrected chi connectivity index (χ0v) is 15.9. The third kappa shape index (κ3) is 4.41. The summed E-state index contributed by atoms with van der Waals surface area (Å²) >= 11 is 1.54. The molecule has 1 amide bonds. The number of thiophene rings is 1. The van der Waals surface area contributed by atoms with Crippen LogP contribution in [0.3, 0.4) is 0 Å². The monoisotopic (exact) mass is 407 g/mol. The summed E-state index contributed by atoms with van der Waals surface area (Å²) in [5.74, 6) is -0.173. The van der Waals surface area contributed by atoms with Crippen LogP contribution in [0.5, 0.6) is 0 Å². The van der Waals surface area contributed by atoms with Crippen molar-refractivity contribution in [3.05, 3.63) is 62.8 Å². The molecule has 3 rings (SSSR count). The molecule has 1 saturated heterocycles. The molecule has 0 N–H and O–H groups in total. The SMILES string of the molecule is O=C(/C=C/c1ccsc1)N1CCN(S(=O)(=O)c2cccc([N+](=O)[O-])c2)CC1. The minimum absolute atomic E-state index is 0.117. The van der Waals surface area contributed by atoms with E-state index in [0.717, 1.165) is 11.6 Å². The molecule has 142 valence electrons. The minimum Gasteiger partial charge on any atom is -0.337 e. The fourth-order valence-electron chi connectivity index (χ4n) is 2.70. The van der Waals surface area contributed by atoms with E-state index in [-0.39, 0.29) is 42.7 Å². The van der Waals surface area contributed by atoms with Gasteiger partial charge in [-0.15, -0.1) is 0 Å². The van der Waals surface area contributed by atoms with Gasteiger partial charge in [0.05, 0.1) is 9.82 Å². The second-order valence-electron chi connectivity index (χ2n) is 5.87. The van der Waals surface area contributed by atoms with Crippen LogP contribution in [0.15, 0.2) is 52.1 Å². The molecule has 1 aromatic heterocycles. The molecule has 27 heavy (non-hydrogen) atoms. The summed E-state index contributed by atoms with van der Waals surface area (Å²) in [6.07, 6.45) is 3.21. The second kappa shape index (κ2) is 7.99. The van der Waals surface area contributed by atoms with Gasteiger partial charge in [0, 0.05) is 44.4 Å². The number of carbonyl (C=O) groups is 1. The molecule has 2 heterocycles. The van der Waals surface area contributed by atoms with Crippen LogP contribution >= 0.6 is 11.3 Å². The minimum atomic E-state index is -3.84. The lowest BCUT2D eigenvalue weighted by molar-refractivity contribution is -0.385. The standard InChI is InChI=1S/C17H17N3O5S2/c21-17(5-4-14-6-11-26-13-14)18-7-9-19(10-8-18)27(24,25)16-3-1-2-15(12-16)20(22)23/h1-6,11-13H,7-10H2/b5-4+. The molecule has 1 aromatic carbocycles. The van der Waals surface area contributed by atoms with Crippen molar-refractivity contribution in [3.8, 4) is 0 Å². The highest BCUT2D eigenvalue weighted by atomic mass is 32.2. The molecular formula is C17H17N3O5S2. The zero-order valence-electron chi connectivity index (χ0n) is 14.2. The number of non-ortho nitro benzene ring substituents is 1. The number of rotatable bonds is 5. The van der Waals surface area contributed by atoms with Crippen LogP contribution in [0, 0.1) is 10.1 Å². The largest absolute Gasteiger partial charge is 0.337 e. The maximum atomic E-state index is 12.7. The average molecular weight is 407 g/mol. The van der Waals surface area contributed by atoms with Gasteiger partial charge in [-0.05, 0) is 34.5 Å². The van der Waals surface area contributed by atoms with Crippen LogP contribution in [0.2, 0.25) is 0 Å². The Kier molecular flexibility index (Phi) is 5.68. The predicted molar refractivity (Wildman–Crippen MR) is 102 cm³/mol. The Hall–Kier alpha value is -2.56. The number of sulfonamides is 1. The highest BCUT2D eigenvalue weighted by Crippen LogP contribution is 2.22. The summed E-state index contributed by atoms with van der Waals surface area (Å²) in [6.45, 7) is 0.814. The highest BCUT2D eigenvalue weighted by molar-refractivity contribution is 7.89. The predicted octanol–water partition coefficient (Wildman–Crippen LogP) is 2.20. The van der Waals surface area contributed by atoms with Gasteiger partial charge in [0.2, 0.25) is 15.9 Å². The van der Waals surface area contributed by atoms with Crippen LogP contribution in [-0.4, -0.2) is 54.6 Å².